The summed E-state index contributed by atoms with van der Waals surface area (Å²) in [5, 5.41) is 3.43. The highest BCUT2D eigenvalue weighted by Gasteiger charge is 2.14. The maximum absolute atomic E-state index is 3.43. The van der Waals surface area contributed by atoms with Gasteiger partial charge in [0.05, 0.1) is 0 Å². The highest BCUT2D eigenvalue weighted by Crippen LogP contribution is 2.34. The molecular formula is C14H15NS. The van der Waals surface area contributed by atoms with Crippen LogP contribution < -0.4 is 5.32 Å². The highest BCUT2D eigenvalue weighted by atomic mass is 32.1. The van der Waals surface area contributed by atoms with Crippen LogP contribution in [-0.2, 0) is 13.0 Å². The average molecular weight is 229 g/mol. The lowest BCUT2D eigenvalue weighted by Crippen LogP contribution is -2.21. The second-order valence-corrected chi connectivity index (χ2v) is 5.44. The van der Waals surface area contributed by atoms with Gasteiger partial charge in [0.25, 0.3) is 0 Å². The van der Waals surface area contributed by atoms with E-state index in [4.69, 9.17) is 0 Å². The van der Waals surface area contributed by atoms with E-state index in [2.05, 4.69) is 42.6 Å². The van der Waals surface area contributed by atoms with Gasteiger partial charge < -0.3 is 5.32 Å². The number of benzene rings is 1. The van der Waals surface area contributed by atoms with Crippen molar-refractivity contribution >= 4 is 11.3 Å². The van der Waals surface area contributed by atoms with Gasteiger partial charge in [0, 0.05) is 16.3 Å². The van der Waals surface area contributed by atoms with Crippen LogP contribution in [-0.4, -0.2) is 6.54 Å². The third kappa shape index (κ3) is 1.68. The molecule has 82 valence electrons. The molecule has 1 aliphatic heterocycles. The molecule has 1 aromatic carbocycles. The van der Waals surface area contributed by atoms with Gasteiger partial charge in [-0.3, -0.25) is 0 Å². The van der Waals surface area contributed by atoms with E-state index in [1.54, 1.807) is 5.56 Å². The molecule has 0 saturated carbocycles. The molecule has 1 aromatic heterocycles. The van der Waals surface area contributed by atoms with Crippen molar-refractivity contribution < 1.29 is 0 Å². The van der Waals surface area contributed by atoms with E-state index in [-0.39, 0.29) is 0 Å². The molecule has 0 radical (unpaired) electrons. The quantitative estimate of drug-likeness (QED) is 0.790. The minimum atomic E-state index is 1.05. The van der Waals surface area contributed by atoms with E-state index < -0.39 is 0 Å². The van der Waals surface area contributed by atoms with Crippen LogP contribution in [0.1, 0.15) is 16.0 Å². The third-order valence-corrected chi connectivity index (χ3v) is 4.37. The Kier molecular flexibility index (Phi) is 2.54. The van der Waals surface area contributed by atoms with Crippen LogP contribution in [0, 0.1) is 6.92 Å². The summed E-state index contributed by atoms with van der Waals surface area (Å²) in [6, 6.07) is 11.0. The summed E-state index contributed by atoms with van der Waals surface area (Å²) in [5.74, 6) is 0. The summed E-state index contributed by atoms with van der Waals surface area (Å²) in [6.45, 7) is 4.36. The van der Waals surface area contributed by atoms with Crippen LogP contribution in [0.3, 0.4) is 0 Å². The van der Waals surface area contributed by atoms with Gasteiger partial charge in [-0.1, -0.05) is 24.3 Å². The van der Waals surface area contributed by atoms with Crippen molar-refractivity contribution in [2.24, 2.45) is 0 Å². The number of thiophene rings is 1. The zero-order valence-electron chi connectivity index (χ0n) is 9.42. The lowest BCUT2D eigenvalue weighted by atomic mass is 10.0. The Labute approximate surface area is 100 Å². The van der Waals surface area contributed by atoms with Crippen molar-refractivity contribution in [3.63, 3.8) is 0 Å². The van der Waals surface area contributed by atoms with Gasteiger partial charge in [0.2, 0.25) is 0 Å². The first-order valence-corrected chi connectivity index (χ1v) is 6.54. The fourth-order valence-corrected chi connectivity index (χ4v) is 3.51. The lowest BCUT2D eigenvalue weighted by molar-refractivity contribution is 0.655. The maximum atomic E-state index is 3.43. The van der Waals surface area contributed by atoms with Crippen molar-refractivity contribution in [3.05, 3.63) is 46.3 Å². The van der Waals surface area contributed by atoms with Crippen molar-refractivity contribution in [3.8, 4) is 10.4 Å². The number of fused-ring (bicyclic) bond motifs is 1. The van der Waals surface area contributed by atoms with Gasteiger partial charge in [-0.25, -0.2) is 0 Å². The Bertz CT molecular complexity index is 490. The van der Waals surface area contributed by atoms with Crippen LogP contribution in [0.15, 0.2) is 30.3 Å². The third-order valence-electron chi connectivity index (χ3n) is 3.16. The molecule has 0 aliphatic carbocycles. The van der Waals surface area contributed by atoms with E-state index in [1.165, 1.54) is 27.3 Å². The smallest absolute Gasteiger partial charge is 0.0351 e. The van der Waals surface area contributed by atoms with E-state index in [9.17, 15) is 0 Å². The monoisotopic (exact) mass is 229 g/mol. The predicted octanol–water partition coefficient (Wildman–Crippen LogP) is 3.37. The van der Waals surface area contributed by atoms with E-state index in [1.807, 2.05) is 11.3 Å². The largest absolute Gasteiger partial charge is 0.312 e. The van der Waals surface area contributed by atoms with Crippen LogP contribution in [0.5, 0.6) is 0 Å². The molecule has 2 heteroatoms. The molecular weight excluding hydrogens is 214 g/mol. The zero-order chi connectivity index (χ0) is 11.0. The minimum Gasteiger partial charge on any atom is -0.312 e. The van der Waals surface area contributed by atoms with Crippen molar-refractivity contribution in [2.75, 3.05) is 6.54 Å². The molecule has 1 N–H and O–H groups in total. The van der Waals surface area contributed by atoms with Gasteiger partial charge >= 0.3 is 0 Å². The summed E-state index contributed by atoms with van der Waals surface area (Å²) >= 11 is 1.94. The van der Waals surface area contributed by atoms with Crippen molar-refractivity contribution in [1.29, 1.82) is 0 Å². The molecule has 1 aliphatic rings. The Balaban J connectivity index is 2.07. The Morgan fingerprint density at radius 1 is 1.25 bits per heavy atom. The molecule has 16 heavy (non-hydrogen) atoms. The number of hydrogen-bond acceptors (Lipinski definition) is 2. The summed E-state index contributed by atoms with van der Waals surface area (Å²) < 4.78 is 0. The summed E-state index contributed by atoms with van der Waals surface area (Å²) in [7, 11) is 0. The number of hydrogen-bond donors (Lipinski definition) is 1. The molecule has 2 aromatic rings. The van der Waals surface area contributed by atoms with Gasteiger partial charge in [-0.05, 0) is 42.6 Å². The molecule has 1 nitrogen and oxygen atoms in total. The zero-order valence-corrected chi connectivity index (χ0v) is 10.2. The molecule has 0 unspecified atom stereocenters. The minimum absolute atomic E-state index is 1.05. The maximum Gasteiger partial charge on any atom is 0.0351 e. The summed E-state index contributed by atoms with van der Waals surface area (Å²) in [5.41, 5.74) is 4.30. The summed E-state index contributed by atoms with van der Waals surface area (Å²) in [6.07, 6.45) is 1.18. The molecule has 0 fully saturated rings. The molecule has 0 saturated heterocycles. The summed E-state index contributed by atoms with van der Waals surface area (Å²) in [4.78, 5) is 2.94. The number of aryl methyl sites for hydroxylation is 1. The fourth-order valence-electron chi connectivity index (χ4n) is 2.23. The number of rotatable bonds is 1. The van der Waals surface area contributed by atoms with Crippen LogP contribution in [0.4, 0.5) is 0 Å². The molecule has 3 rings (SSSR count). The highest BCUT2D eigenvalue weighted by molar-refractivity contribution is 7.15. The van der Waals surface area contributed by atoms with E-state index in [0.717, 1.165) is 13.1 Å². The Hall–Kier alpha value is -1.12. The van der Waals surface area contributed by atoms with Crippen LogP contribution in [0.25, 0.3) is 10.4 Å². The van der Waals surface area contributed by atoms with Crippen LogP contribution in [0.2, 0.25) is 0 Å². The molecule has 0 amide bonds. The van der Waals surface area contributed by atoms with E-state index >= 15 is 0 Å². The number of nitrogens with one attached hydrogen (secondary N) is 1. The first kappa shape index (κ1) is 10.1. The molecule has 2 heterocycles. The molecule has 0 atom stereocenters. The second-order valence-electron chi connectivity index (χ2n) is 4.30. The van der Waals surface area contributed by atoms with Crippen molar-refractivity contribution in [2.45, 2.75) is 19.9 Å². The lowest BCUT2D eigenvalue weighted by Gasteiger charge is -2.10. The second kappa shape index (κ2) is 4.04. The van der Waals surface area contributed by atoms with Gasteiger partial charge in [-0.2, -0.15) is 0 Å². The van der Waals surface area contributed by atoms with Crippen molar-refractivity contribution in [1.82, 2.24) is 5.32 Å². The molecule has 0 spiro atoms. The molecule has 0 bridgehead atoms. The predicted molar refractivity (Wildman–Crippen MR) is 69.9 cm³/mol. The Morgan fingerprint density at radius 2 is 2.12 bits per heavy atom. The first-order chi connectivity index (χ1) is 7.84. The SMILES string of the molecule is Cc1ccccc1-c1cc2c(s1)CNCC2. The van der Waals surface area contributed by atoms with Crippen LogP contribution >= 0.6 is 11.3 Å². The standard InChI is InChI=1S/C14H15NS/c1-10-4-2-3-5-12(10)13-8-11-6-7-15-9-14(11)16-13/h2-5,8,15H,6-7,9H2,1H3. The van der Waals surface area contributed by atoms with Gasteiger partial charge in [0.15, 0.2) is 0 Å². The fraction of sp³-hybridized carbons (Fsp3) is 0.286. The normalized spacial score (nSPS) is 14.8. The average Bonchev–Trinajstić information content (AvgIpc) is 2.73. The Morgan fingerprint density at radius 3 is 2.94 bits per heavy atom. The van der Waals surface area contributed by atoms with E-state index in [0.29, 0.717) is 0 Å². The first-order valence-electron chi connectivity index (χ1n) is 5.73. The topological polar surface area (TPSA) is 12.0 Å². The van der Waals surface area contributed by atoms with Gasteiger partial charge in [0.1, 0.15) is 0 Å². The van der Waals surface area contributed by atoms with Gasteiger partial charge in [-0.15, -0.1) is 11.3 Å².